The van der Waals surface area contributed by atoms with E-state index in [1.54, 1.807) is 0 Å². The fourth-order valence-electron chi connectivity index (χ4n) is 6.47. The number of amides is 1. The van der Waals surface area contributed by atoms with E-state index >= 15 is 0 Å². The normalized spacial score (nSPS) is 12.8. The molecular weight excluding hydrogens is 809 g/mol. The fraction of sp³-hybridized carbons (Fsp3) is 0.911. The lowest BCUT2D eigenvalue weighted by Crippen LogP contribution is -2.31. The maximum Gasteiger partial charge on any atom is 0.472 e. The first-order chi connectivity index (χ1) is 29.6. The highest BCUT2D eigenvalue weighted by Gasteiger charge is 2.26. The van der Waals surface area contributed by atoms with Crippen LogP contribution in [-0.2, 0) is 56.5 Å². The van der Waals surface area contributed by atoms with Gasteiger partial charge >= 0.3 is 25.7 Å². The zero-order valence-corrected chi connectivity index (χ0v) is 39.1. The number of carboxylic acids is 1. The molecule has 0 aliphatic carbocycles. The van der Waals surface area contributed by atoms with Gasteiger partial charge in [0.15, 0.2) is 6.10 Å². The Hall–Kier alpha value is -2.13. The van der Waals surface area contributed by atoms with Gasteiger partial charge in [0.05, 0.1) is 39.6 Å². The summed E-state index contributed by atoms with van der Waals surface area (Å²) in [7, 11) is -4.61. The van der Waals surface area contributed by atoms with Crippen LogP contribution in [0.1, 0.15) is 194 Å². The number of rotatable bonds is 48. The first kappa shape index (κ1) is 58.9. The number of carbonyl (C=O) groups excluding carboxylic acids is 3. The molecule has 0 spiro atoms. The fourth-order valence-corrected chi connectivity index (χ4v) is 7.22. The van der Waals surface area contributed by atoms with E-state index in [2.05, 4.69) is 19.2 Å². The van der Waals surface area contributed by atoms with Gasteiger partial charge in [-0.25, -0.2) is 9.36 Å². The van der Waals surface area contributed by atoms with Crippen molar-refractivity contribution in [1.82, 2.24) is 5.32 Å². The number of esters is 2. The summed E-state index contributed by atoms with van der Waals surface area (Å²) >= 11 is 0. The number of phosphoric ester groups is 1. The van der Waals surface area contributed by atoms with Crippen molar-refractivity contribution in [2.24, 2.45) is 0 Å². The van der Waals surface area contributed by atoms with Crippen molar-refractivity contribution in [3.63, 3.8) is 0 Å². The van der Waals surface area contributed by atoms with Crippen molar-refractivity contribution in [2.45, 2.75) is 200 Å². The van der Waals surface area contributed by atoms with E-state index < -0.39 is 51.0 Å². The minimum atomic E-state index is -4.61. The van der Waals surface area contributed by atoms with Crippen molar-refractivity contribution < 1.29 is 66.5 Å². The van der Waals surface area contributed by atoms with Crippen LogP contribution in [0.5, 0.6) is 0 Å². The number of carboxylic acid groups (broad SMARTS) is 1. The number of ether oxygens (including phenoxy) is 5. The molecule has 0 aliphatic rings. The van der Waals surface area contributed by atoms with E-state index in [-0.39, 0.29) is 65.6 Å². The van der Waals surface area contributed by atoms with Crippen LogP contribution < -0.4 is 5.32 Å². The lowest BCUT2D eigenvalue weighted by molar-refractivity contribution is -0.161. The van der Waals surface area contributed by atoms with E-state index in [9.17, 15) is 28.6 Å². The van der Waals surface area contributed by atoms with Gasteiger partial charge in [-0.3, -0.25) is 23.4 Å². The zero-order chi connectivity index (χ0) is 44.9. The molecule has 0 saturated heterocycles. The lowest BCUT2D eigenvalue weighted by Gasteiger charge is -2.20. The maximum absolute atomic E-state index is 12.7. The van der Waals surface area contributed by atoms with Crippen molar-refractivity contribution >= 4 is 31.6 Å². The average molecular weight is 896 g/mol. The third kappa shape index (κ3) is 45.7. The molecule has 0 aromatic heterocycles. The molecule has 2 atom stereocenters. The largest absolute Gasteiger partial charge is 0.480 e. The number of hydrogen-bond donors (Lipinski definition) is 3. The van der Waals surface area contributed by atoms with Gasteiger partial charge in [0.25, 0.3) is 0 Å². The molecule has 15 nitrogen and oxygen atoms in total. The second-order valence-electron chi connectivity index (χ2n) is 15.8. The quantitative estimate of drug-likeness (QED) is 0.0296. The van der Waals surface area contributed by atoms with Gasteiger partial charge in [0.2, 0.25) is 5.91 Å². The Morgan fingerprint density at radius 1 is 0.508 bits per heavy atom. The Morgan fingerprint density at radius 2 is 0.918 bits per heavy atom. The molecule has 2 unspecified atom stereocenters. The highest BCUT2D eigenvalue weighted by molar-refractivity contribution is 7.47. The van der Waals surface area contributed by atoms with Crippen LogP contribution in [0, 0.1) is 0 Å². The Morgan fingerprint density at radius 3 is 1.38 bits per heavy atom. The molecule has 0 saturated carbocycles. The summed E-state index contributed by atoms with van der Waals surface area (Å²) in [4.78, 5) is 57.9. The Bertz CT molecular complexity index is 1100. The van der Waals surface area contributed by atoms with Crippen LogP contribution in [0.4, 0.5) is 0 Å². The van der Waals surface area contributed by atoms with Gasteiger partial charge in [-0.1, -0.05) is 168 Å². The molecule has 61 heavy (non-hydrogen) atoms. The second-order valence-corrected chi connectivity index (χ2v) is 17.3. The molecule has 16 heteroatoms. The molecule has 3 N–H and O–H groups in total. The summed E-state index contributed by atoms with van der Waals surface area (Å²) in [5.74, 6) is -2.49. The van der Waals surface area contributed by atoms with Gasteiger partial charge in [0, 0.05) is 19.4 Å². The zero-order valence-electron chi connectivity index (χ0n) is 38.2. The number of unbranched alkanes of at least 4 members (excludes halogenated alkanes) is 24. The summed E-state index contributed by atoms with van der Waals surface area (Å²) in [6.45, 7) is 3.05. The predicted molar refractivity (Wildman–Crippen MR) is 236 cm³/mol. The average Bonchev–Trinajstić information content (AvgIpc) is 3.23. The summed E-state index contributed by atoms with van der Waals surface area (Å²) < 4.78 is 48.8. The maximum atomic E-state index is 12.7. The number of carbonyl (C=O) groups is 4. The first-order valence-corrected chi connectivity index (χ1v) is 25.3. The molecule has 0 aromatic rings. The van der Waals surface area contributed by atoms with Crippen LogP contribution in [0.3, 0.4) is 0 Å². The minimum Gasteiger partial charge on any atom is -0.480 e. The molecule has 0 rings (SSSR count). The van der Waals surface area contributed by atoms with E-state index in [4.69, 9.17) is 37.8 Å². The smallest absolute Gasteiger partial charge is 0.472 e. The highest BCUT2D eigenvalue weighted by Crippen LogP contribution is 2.43. The second kappa shape index (κ2) is 44.5. The van der Waals surface area contributed by atoms with Crippen molar-refractivity contribution in [2.75, 3.05) is 66.0 Å². The molecule has 0 fully saturated rings. The van der Waals surface area contributed by atoms with Gasteiger partial charge in [-0.15, -0.1) is 0 Å². The van der Waals surface area contributed by atoms with Crippen LogP contribution in [0.15, 0.2) is 0 Å². The molecule has 360 valence electrons. The standard InChI is InChI=1S/C45H86NO14P/c1-3-5-7-9-11-13-15-17-19-21-23-25-27-29-44(50)57-37-41(60-45(51)30-28-26-24-22-20-18-16-14-12-10-8-6-4-2)38-59-61(52,53)58-32-31-46-42(47)39-55-35-33-54-34-36-56-40-43(48)49/h41H,3-40H2,1-2H3,(H,46,47)(H,48,49)(H,52,53). The molecule has 0 bridgehead atoms. The van der Waals surface area contributed by atoms with E-state index in [0.29, 0.717) is 12.8 Å². The SMILES string of the molecule is CCCCCCCCCCCCCCCC(=O)OCC(COP(=O)(O)OCCNC(=O)COCCOCCOCC(=O)O)OC(=O)CCCCCCCCCCCCCCC. The van der Waals surface area contributed by atoms with Crippen molar-refractivity contribution in [3.05, 3.63) is 0 Å². The molecule has 0 radical (unpaired) electrons. The topological polar surface area (TPSA) is 202 Å². The highest BCUT2D eigenvalue weighted by atomic mass is 31.2. The summed E-state index contributed by atoms with van der Waals surface area (Å²) in [5, 5.41) is 11.0. The van der Waals surface area contributed by atoms with Crippen molar-refractivity contribution in [1.29, 1.82) is 0 Å². The Kier molecular flexibility index (Phi) is 42.9. The van der Waals surface area contributed by atoms with E-state index in [1.165, 1.54) is 116 Å². The molecule has 1 amide bonds. The van der Waals surface area contributed by atoms with E-state index in [0.717, 1.165) is 38.5 Å². The van der Waals surface area contributed by atoms with E-state index in [1.807, 2.05) is 0 Å². The summed E-state index contributed by atoms with van der Waals surface area (Å²) in [6, 6.07) is 0. The Balaban J connectivity index is 4.51. The van der Waals surface area contributed by atoms with Gasteiger partial charge in [-0.2, -0.15) is 0 Å². The van der Waals surface area contributed by atoms with Gasteiger partial charge in [-0.05, 0) is 12.8 Å². The number of aliphatic carboxylic acids is 1. The molecule has 0 aromatic carbocycles. The third-order valence-corrected chi connectivity index (χ3v) is 11.0. The number of hydrogen-bond acceptors (Lipinski definition) is 12. The van der Waals surface area contributed by atoms with Crippen LogP contribution in [0.2, 0.25) is 0 Å². The minimum absolute atomic E-state index is 0.109. The molecular formula is C45H86NO14P. The monoisotopic (exact) mass is 896 g/mol. The van der Waals surface area contributed by atoms with Crippen LogP contribution in [-0.4, -0.2) is 106 Å². The molecule has 0 heterocycles. The van der Waals surface area contributed by atoms with Gasteiger partial charge in [0.1, 0.15) is 19.8 Å². The predicted octanol–water partition coefficient (Wildman–Crippen LogP) is 9.79. The number of nitrogens with one attached hydrogen (secondary N) is 1. The Labute approximate surface area is 368 Å². The van der Waals surface area contributed by atoms with Crippen LogP contribution in [0.25, 0.3) is 0 Å². The third-order valence-electron chi connectivity index (χ3n) is 10.0. The summed E-state index contributed by atoms with van der Waals surface area (Å²) in [6.07, 6.45) is 30.2. The number of phosphoric acid groups is 1. The first-order valence-electron chi connectivity index (χ1n) is 23.8. The summed E-state index contributed by atoms with van der Waals surface area (Å²) in [5.41, 5.74) is 0. The van der Waals surface area contributed by atoms with Gasteiger partial charge < -0.3 is 39.0 Å². The molecule has 0 aliphatic heterocycles. The van der Waals surface area contributed by atoms with Crippen LogP contribution >= 0.6 is 7.82 Å². The lowest BCUT2D eigenvalue weighted by atomic mass is 10.0. The van der Waals surface area contributed by atoms with Crippen molar-refractivity contribution in [3.8, 4) is 0 Å².